The maximum Gasteiger partial charge on any atom is 0.167 e. The van der Waals surface area contributed by atoms with Crippen molar-refractivity contribution in [1.82, 2.24) is 0 Å². The van der Waals surface area contributed by atoms with Crippen molar-refractivity contribution >= 4 is 23.1 Å². The smallest absolute Gasteiger partial charge is 0.167 e. The molecular weight excluding hydrogens is 251 g/mol. The SMILES string of the molecule is CCOc1cc(NC2CCSCC2)c(N)cc1F. The molecule has 0 atom stereocenters. The van der Waals surface area contributed by atoms with Crippen LogP contribution in [0.1, 0.15) is 19.8 Å². The zero-order chi connectivity index (χ0) is 13.0. The van der Waals surface area contributed by atoms with Crippen LogP contribution in [0.5, 0.6) is 5.75 Å². The Morgan fingerprint density at radius 1 is 1.44 bits per heavy atom. The number of anilines is 2. The van der Waals surface area contributed by atoms with E-state index in [9.17, 15) is 4.39 Å². The van der Waals surface area contributed by atoms with E-state index in [2.05, 4.69) is 5.32 Å². The molecule has 1 heterocycles. The Hall–Kier alpha value is -1.10. The predicted molar refractivity (Wildman–Crippen MR) is 76.0 cm³/mol. The Morgan fingerprint density at radius 2 is 2.17 bits per heavy atom. The molecule has 0 amide bonds. The molecule has 0 aromatic heterocycles. The fourth-order valence-corrected chi connectivity index (χ4v) is 3.13. The van der Waals surface area contributed by atoms with E-state index in [1.54, 1.807) is 6.07 Å². The van der Waals surface area contributed by atoms with Gasteiger partial charge in [-0.2, -0.15) is 11.8 Å². The minimum absolute atomic E-state index is 0.263. The van der Waals surface area contributed by atoms with Gasteiger partial charge >= 0.3 is 0 Å². The van der Waals surface area contributed by atoms with Crippen molar-refractivity contribution in [2.45, 2.75) is 25.8 Å². The van der Waals surface area contributed by atoms with E-state index in [0.29, 0.717) is 18.3 Å². The lowest BCUT2D eigenvalue weighted by atomic mass is 10.1. The number of hydrogen-bond acceptors (Lipinski definition) is 4. The van der Waals surface area contributed by atoms with Crippen LogP contribution in [0.15, 0.2) is 12.1 Å². The highest BCUT2D eigenvalue weighted by Crippen LogP contribution is 2.30. The molecule has 1 aliphatic rings. The average molecular weight is 270 g/mol. The van der Waals surface area contributed by atoms with Crippen molar-refractivity contribution in [3.05, 3.63) is 17.9 Å². The van der Waals surface area contributed by atoms with Crippen molar-refractivity contribution in [2.75, 3.05) is 29.2 Å². The molecule has 0 spiro atoms. The Morgan fingerprint density at radius 3 is 2.83 bits per heavy atom. The third kappa shape index (κ3) is 3.22. The normalized spacial score (nSPS) is 16.6. The molecule has 0 radical (unpaired) electrons. The fourth-order valence-electron chi connectivity index (χ4n) is 2.02. The monoisotopic (exact) mass is 270 g/mol. The molecule has 3 N–H and O–H groups in total. The Kier molecular flexibility index (Phi) is 4.58. The molecular formula is C13H19FN2OS. The number of nitrogen functional groups attached to an aromatic ring is 1. The predicted octanol–water partition coefficient (Wildman–Crippen LogP) is 3.11. The first-order chi connectivity index (χ1) is 8.70. The highest BCUT2D eigenvalue weighted by molar-refractivity contribution is 7.99. The number of rotatable bonds is 4. The van der Waals surface area contributed by atoms with Gasteiger partial charge in [-0.15, -0.1) is 0 Å². The zero-order valence-corrected chi connectivity index (χ0v) is 11.4. The molecule has 3 nitrogen and oxygen atoms in total. The number of hydrogen-bond donors (Lipinski definition) is 2. The Bertz CT molecular complexity index is 408. The lowest BCUT2D eigenvalue weighted by molar-refractivity contribution is 0.322. The third-order valence-corrected chi connectivity index (χ3v) is 4.03. The van der Waals surface area contributed by atoms with Crippen molar-refractivity contribution in [3.8, 4) is 5.75 Å². The average Bonchev–Trinajstić information content (AvgIpc) is 2.37. The maximum absolute atomic E-state index is 13.6. The first-order valence-corrected chi connectivity index (χ1v) is 7.42. The van der Waals surface area contributed by atoms with Gasteiger partial charge in [0.05, 0.1) is 18.0 Å². The molecule has 18 heavy (non-hydrogen) atoms. The lowest BCUT2D eigenvalue weighted by Gasteiger charge is -2.24. The topological polar surface area (TPSA) is 47.3 Å². The van der Waals surface area contributed by atoms with Gasteiger partial charge in [-0.25, -0.2) is 4.39 Å². The second-order valence-corrected chi connectivity index (χ2v) is 5.56. The van der Waals surface area contributed by atoms with Gasteiger partial charge in [-0.3, -0.25) is 0 Å². The molecule has 1 aromatic carbocycles. The van der Waals surface area contributed by atoms with E-state index in [0.717, 1.165) is 30.0 Å². The van der Waals surface area contributed by atoms with E-state index >= 15 is 0 Å². The van der Waals surface area contributed by atoms with E-state index < -0.39 is 5.82 Å². The number of thioether (sulfide) groups is 1. The molecule has 0 bridgehead atoms. The van der Waals surface area contributed by atoms with Crippen molar-refractivity contribution in [1.29, 1.82) is 0 Å². The van der Waals surface area contributed by atoms with Gasteiger partial charge in [0.1, 0.15) is 0 Å². The summed E-state index contributed by atoms with van der Waals surface area (Å²) in [5.74, 6) is 2.19. The summed E-state index contributed by atoms with van der Waals surface area (Å²) in [7, 11) is 0. The quantitative estimate of drug-likeness (QED) is 0.825. The van der Waals surface area contributed by atoms with Crippen LogP contribution in [-0.4, -0.2) is 24.2 Å². The van der Waals surface area contributed by atoms with Crippen LogP contribution in [0.25, 0.3) is 0 Å². The number of ether oxygens (including phenoxy) is 1. The fraction of sp³-hybridized carbons (Fsp3) is 0.538. The van der Waals surface area contributed by atoms with Gasteiger partial charge in [-0.1, -0.05) is 0 Å². The van der Waals surface area contributed by atoms with Crippen LogP contribution >= 0.6 is 11.8 Å². The molecule has 100 valence electrons. The summed E-state index contributed by atoms with van der Waals surface area (Å²) < 4.78 is 18.8. The minimum atomic E-state index is -0.404. The minimum Gasteiger partial charge on any atom is -0.491 e. The van der Waals surface area contributed by atoms with Crippen LogP contribution in [0.4, 0.5) is 15.8 Å². The summed E-state index contributed by atoms with van der Waals surface area (Å²) in [6, 6.07) is 3.41. The van der Waals surface area contributed by atoms with E-state index in [1.165, 1.54) is 6.07 Å². The van der Waals surface area contributed by atoms with Crippen LogP contribution in [-0.2, 0) is 0 Å². The number of nitrogens with two attached hydrogens (primary N) is 1. The largest absolute Gasteiger partial charge is 0.491 e. The summed E-state index contributed by atoms with van der Waals surface area (Å²) >= 11 is 1.97. The van der Waals surface area contributed by atoms with E-state index in [-0.39, 0.29) is 5.75 Å². The molecule has 1 saturated heterocycles. The van der Waals surface area contributed by atoms with E-state index in [4.69, 9.17) is 10.5 Å². The van der Waals surface area contributed by atoms with Crippen molar-refractivity contribution in [3.63, 3.8) is 0 Å². The molecule has 2 rings (SSSR count). The summed E-state index contributed by atoms with van der Waals surface area (Å²) in [5.41, 5.74) is 7.05. The van der Waals surface area contributed by atoms with Gasteiger partial charge in [0.25, 0.3) is 0 Å². The first kappa shape index (κ1) is 13.3. The summed E-state index contributed by atoms with van der Waals surface area (Å²) in [4.78, 5) is 0. The number of halogens is 1. The van der Waals surface area contributed by atoms with E-state index in [1.807, 2.05) is 18.7 Å². The zero-order valence-electron chi connectivity index (χ0n) is 10.5. The standard InChI is InChI=1S/C13H19FN2OS/c1-2-17-13-8-12(11(15)7-10(13)14)16-9-3-5-18-6-4-9/h7-9,16H,2-6,15H2,1H3. The molecule has 0 saturated carbocycles. The molecule has 1 fully saturated rings. The highest BCUT2D eigenvalue weighted by Gasteiger charge is 2.16. The molecule has 1 aliphatic heterocycles. The second kappa shape index (κ2) is 6.18. The molecule has 5 heteroatoms. The van der Waals surface area contributed by atoms with Crippen LogP contribution in [0, 0.1) is 5.82 Å². The van der Waals surface area contributed by atoms with Gasteiger partial charge < -0.3 is 15.8 Å². The van der Waals surface area contributed by atoms with Crippen LogP contribution in [0.2, 0.25) is 0 Å². The summed E-state index contributed by atoms with van der Waals surface area (Å²) in [6.07, 6.45) is 2.23. The van der Waals surface area contributed by atoms with Crippen molar-refractivity contribution in [2.24, 2.45) is 0 Å². The molecule has 1 aromatic rings. The summed E-state index contributed by atoms with van der Waals surface area (Å²) in [5, 5.41) is 3.39. The van der Waals surface area contributed by atoms with Crippen LogP contribution in [0.3, 0.4) is 0 Å². The highest BCUT2D eigenvalue weighted by atomic mass is 32.2. The Balaban J connectivity index is 2.12. The first-order valence-electron chi connectivity index (χ1n) is 6.26. The van der Waals surface area contributed by atoms with Gasteiger partial charge in [-0.05, 0) is 31.3 Å². The summed E-state index contributed by atoms with van der Waals surface area (Å²) in [6.45, 7) is 2.28. The molecule has 0 aliphatic carbocycles. The van der Waals surface area contributed by atoms with Gasteiger partial charge in [0.15, 0.2) is 11.6 Å². The second-order valence-electron chi connectivity index (χ2n) is 4.33. The Labute approximate surface area is 111 Å². The molecule has 0 unspecified atom stereocenters. The van der Waals surface area contributed by atoms with Gasteiger partial charge in [0, 0.05) is 18.2 Å². The third-order valence-electron chi connectivity index (χ3n) is 2.98. The van der Waals surface area contributed by atoms with Crippen LogP contribution < -0.4 is 15.8 Å². The number of nitrogens with one attached hydrogen (secondary N) is 1. The number of benzene rings is 1. The van der Waals surface area contributed by atoms with Crippen molar-refractivity contribution < 1.29 is 9.13 Å². The lowest BCUT2D eigenvalue weighted by Crippen LogP contribution is -2.25. The van der Waals surface area contributed by atoms with Gasteiger partial charge in [0.2, 0.25) is 0 Å². The maximum atomic E-state index is 13.6.